The predicted molar refractivity (Wildman–Crippen MR) is 118 cm³/mol. The minimum atomic E-state index is -0.121. The summed E-state index contributed by atoms with van der Waals surface area (Å²) in [6.45, 7) is 8.64. The number of hydrogen-bond donors (Lipinski definition) is 0. The molecule has 2 aliphatic rings. The molecule has 1 aliphatic heterocycles. The van der Waals surface area contributed by atoms with Gasteiger partial charge in [-0.2, -0.15) is 5.26 Å². The summed E-state index contributed by atoms with van der Waals surface area (Å²) < 4.78 is 1.74. The Hall–Kier alpha value is -2.68. The first kappa shape index (κ1) is 20.6. The van der Waals surface area contributed by atoms with Gasteiger partial charge in [0, 0.05) is 36.8 Å². The van der Waals surface area contributed by atoms with Gasteiger partial charge in [0.2, 0.25) is 0 Å². The van der Waals surface area contributed by atoms with E-state index in [0.29, 0.717) is 18.0 Å². The van der Waals surface area contributed by atoms with Crippen LogP contribution in [0.25, 0.3) is 0 Å². The molecule has 0 unspecified atom stereocenters. The van der Waals surface area contributed by atoms with Gasteiger partial charge in [0.15, 0.2) is 0 Å². The van der Waals surface area contributed by atoms with E-state index in [-0.39, 0.29) is 11.0 Å². The van der Waals surface area contributed by atoms with Gasteiger partial charge < -0.3 is 4.90 Å². The Morgan fingerprint density at radius 3 is 2.57 bits per heavy atom. The third-order valence-corrected chi connectivity index (χ3v) is 6.42. The number of piperidine rings is 1. The Labute approximate surface area is 178 Å². The molecule has 2 aromatic heterocycles. The molecule has 0 N–H and O–H groups in total. The van der Waals surface area contributed by atoms with Crippen LogP contribution in [0.15, 0.2) is 23.3 Å². The van der Waals surface area contributed by atoms with Crippen LogP contribution in [0, 0.1) is 17.2 Å². The lowest BCUT2D eigenvalue weighted by Gasteiger charge is -2.34. The van der Waals surface area contributed by atoms with E-state index in [4.69, 9.17) is 4.98 Å². The highest BCUT2D eigenvalue weighted by molar-refractivity contribution is 5.56. The molecule has 0 saturated carbocycles. The van der Waals surface area contributed by atoms with Crippen LogP contribution >= 0.6 is 0 Å². The zero-order valence-electron chi connectivity index (χ0n) is 18.3. The second kappa shape index (κ2) is 8.22. The van der Waals surface area contributed by atoms with E-state index in [1.165, 1.54) is 24.1 Å². The standard InChI is InChI=1S/C24H31N5O/c1-24(2,3)21-13-22(30)29(16-26-21)15-17-8-10-28(11-9-17)23-19(14-25)12-18-6-4-5-7-20(18)27-23/h12-13,16-17H,4-11,15H2,1-3H3. The van der Waals surface area contributed by atoms with Gasteiger partial charge in [-0.05, 0) is 56.1 Å². The van der Waals surface area contributed by atoms with Crippen molar-refractivity contribution in [1.82, 2.24) is 14.5 Å². The van der Waals surface area contributed by atoms with E-state index in [9.17, 15) is 10.1 Å². The molecular weight excluding hydrogens is 374 g/mol. The molecule has 0 aromatic carbocycles. The molecule has 30 heavy (non-hydrogen) atoms. The van der Waals surface area contributed by atoms with Crippen molar-refractivity contribution in [3.8, 4) is 6.07 Å². The van der Waals surface area contributed by atoms with Gasteiger partial charge in [-0.3, -0.25) is 9.36 Å². The lowest BCUT2D eigenvalue weighted by Crippen LogP contribution is -2.37. The smallest absolute Gasteiger partial charge is 0.253 e. The lowest BCUT2D eigenvalue weighted by atomic mass is 9.92. The summed E-state index contributed by atoms with van der Waals surface area (Å²) in [5.74, 6) is 1.29. The molecule has 1 fully saturated rings. The molecule has 1 saturated heterocycles. The van der Waals surface area contributed by atoms with Crippen LogP contribution in [0.5, 0.6) is 0 Å². The van der Waals surface area contributed by atoms with Crippen LogP contribution in [-0.2, 0) is 24.8 Å². The average molecular weight is 406 g/mol. The molecule has 0 atom stereocenters. The van der Waals surface area contributed by atoms with Crippen LogP contribution < -0.4 is 10.5 Å². The second-order valence-electron chi connectivity index (χ2n) is 9.73. The lowest BCUT2D eigenvalue weighted by molar-refractivity contribution is 0.349. The first-order chi connectivity index (χ1) is 14.3. The Bertz CT molecular complexity index is 1020. The normalized spacial score (nSPS) is 17.5. The first-order valence-electron chi connectivity index (χ1n) is 11.1. The number of nitriles is 1. The van der Waals surface area contributed by atoms with E-state index in [0.717, 1.165) is 50.3 Å². The third kappa shape index (κ3) is 4.26. The summed E-state index contributed by atoms with van der Waals surface area (Å²) in [6.07, 6.45) is 8.10. The number of rotatable bonds is 3. The Morgan fingerprint density at radius 2 is 1.90 bits per heavy atom. The highest BCUT2D eigenvalue weighted by Crippen LogP contribution is 2.29. The minimum Gasteiger partial charge on any atom is -0.355 e. The molecule has 0 radical (unpaired) electrons. The fourth-order valence-electron chi connectivity index (χ4n) is 4.52. The molecule has 0 amide bonds. The molecule has 158 valence electrons. The van der Waals surface area contributed by atoms with Gasteiger partial charge in [-0.15, -0.1) is 0 Å². The summed E-state index contributed by atoms with van der Waals surface area (Å²) in [4.78, 5) is 24.2. The highest BCUT2D eigenvalue weighted by atomic mass is 16.1. The molecule has 4 rings (SSSR count). The van der Waals surface area contributed by atoms with Crippen LogP contribution in [0.4, 0.5) is 5.82 Å². The zero-order valence-corrected chi connectivity index (χ0v) is 18.3. The molecule has 3 heterocycles. The monoisotopic (exact) mass is 405 g/mol. The second-order valence-corrected chi connectivity index (χ2v) is 9.73. The molecule has 6 heteroatoms. The summed E-state index contributed by atoms with van der Waals surface area (Å²) in [5, 5.41) is 9.65. The van der Waals surface area contributed by atoms with E-state index >= 15 is 0 Å². The van der Waals surface area contributed by atoms with Gasteiger partial charge in [0.1, 0.15) is 11.9 Å². The summed E-state index contributed by atoms with van der Waals surface area (Å²) in [5.41, 5.74) is 3.87. The molecule has 2 aromatic rings. The zero-order chi connectivity index (χ0) is 21.3. The van der Waals surface area contributed by atoms with Crippen LogP contribution in [0.3, 0.4) is 0 Å². The fourth-order valence-corrected chi connectivity index (χ4v) is 4.52. The SMILES string of the molecule is CC(C)(C)c1cc(=O)n(CC2CCN(c3nc4c(cc3C#N)CCCC4)CC2)cn1. The maximum Gasteiger partial charge on any atom is 0.253 e. The number of fused-ring (bicyclic) bond motifs is 1. The Kier molecular flexibility index (Phi) is 5.64. The molecule has 6 nitrogen and oxygen atoms in total. The summed E-state index contributed by atoms with van der Waals surface area (Å²) >= 11 is 0. The largest absolute Gasteiger partial charge is 0.355 e. The van der Waals surface area contributed by atoms with E-state index in [1.807, 2.05) is 0 Å². The van der Waals surface area contributed by atoms with Crippen molar-refractivity contribution in [3.63, 3.8) is 0 Å². The maximum atomic E-state index is 12.5. The summed E-state index contributed by atoms with van der Waals surface area (Å²) in [7, 11) is 0. The van der Waals surface area contributed by atoms with Crippen LogP contribution in [0.2, 0.25) is 0 Å². The van der Waals surface area contributed by atoms with Gasteiger partial charge in [0.05, 0.1) is 17.6 Å². The van der Waals surface area contributed by atoms with Crippen molar-refractivity contribution in [2.75, 3.05) is 18.0 Å². The Balaban J connectivity index is 1.44. The van der Waals surface area contributed by atoms with Crippen molar-refractivity contribution in [2.45, 2.75) is 71.3 Å². The van der Waals surface area contributed by atoms with Crippen LogP contribution in [-0.4, -0.2) is 27.6 Å². The fraction of sp³-hybridized carbons (Fsp3) is 0.583. The quantitative estimate of drug-likeness (QED) is 0.780. The number of nitrogens with zero attached hydrogens (tertiary/aromatic N) is 5. The molecule has 1 aliphatic carbocycles. The van der Waals surface area contributed by atoms with Crippen molar-refractivity contribution in [1.29, 1.82) is 5.26 Å². The van der Waals surface area contributed by atoms with Gasteiger partial charge >= 0.3 is 0 Å². The minimum absolute atomic E-state index is 0.0282. The van der Waals surface area contributed by atoms with Crippen molar-refractivity contribution in [2.24, 2.45) is 5.92 Å². The van der Waals surface area contributed by atoms with E-state index in [1.54, 1.807) is 17.0 Å². The molecule has 0 spiro atoms. The van der Waals surface area contributed by atoms with Crippen molar-refractivity contribution in [3.05, 3.63) is 51.3 Å². The Morgan fingerprint density at radius 1 is 1.17 bits per heavy atom. The van der Waals surface area contributed by atoms with Crippen molar-refractivity contribution < 1.29 is 0 Å². The number of anilines is 1. The van der Waals surface area contributed by atoms with Gasteiger partial charge in [0.25, 0.3) is 5.56 Å². The first-order valence-corrected chi connectivity index (χ1v) is 11.1. The number of pyridine rings is 1. The van der Waals surface area contributed by atoms with Gasteiger partial charge in [-0.1, -0.05) is 20.8 Å². The van der Waals surface area contributed by atoms with Gasteiger partial charge in [-0.25, -0.2) is 9.97 Å². The van der Waals surface area contributed by atoms with E-state index in [2.05, 4.69) is 42.8 Å². The number of aryl methyl sites for hydroxylation is 2. The highest BCUT2D eigenvalue weighted by Gasteiger charge is 2.25. The number of aromatic nitrogens is 3. The molecule has 0 bridgehead atoms. The number of hydrogen-bond acceptors (Lipinski definition) is 5. The topological polar surface area (TPSA) is 74.8 Å². The maximum absolute atomic E-state index is 12.5. The van der Waals surface area contributed by atoms with E-state index < -0.39 is 0 Å². The molecular formula is C24H31N5O. The summed E-state index contributed by atoms with van der Waals surface area (Å²) in [6, 6.07) is 6.09. The van der Waals surface area contributed by atoms with Crippen molar-refractivity contribution >= 4 is 5.82 Å². The van der Waals surface area contributed by atoms with Crippen LogP contribution in [0.1, 0.15) is 69.0 Å². The third-order valence-electron chi connectivity index (χ3n) is 6.42. The predicted octanol–water partition coefficient (Wildman–Crippen LogP) is 3.60. The average Bonchev–Trinajstić information content (AvgIpc) is 2.74.